The van der Waals surface area contributed by atoms with Crippen LogP contribution in [0.2, 0.25) is 0 Å². The normalized spacial score (nSPS) is 12.4. The van der Waals surface area contributed by atoms with E-state index in [0.29, 0.717) is 24.6 Å². The predicted octanol–water partition coefficient (Wildman–Crippen LogP) is 4.15. The second-order valence-electron chi connectivity index (χ2n) is 6.01. The van der Waals surface area contributed by atoms with Gasteiger partial charge in [0.1, 0.15) is 11.6 Å². The zero-order valence-electron chi connectivity index (χ0n) is 13.3. The molecular formula is C19H24FNO. The number of halogens is 1. The van der Waals surface area contributed by atoms with Crippen molar-refractivity contribution in [2.45, 2.75) is 26.2 Å². The minimum atomic E-state index is -0.185. The first-order valence-corrected chi connectivity index (χ1v) is 7.76. The van der Waals surface area contributed by atoms with E-state index in [0.717, 1.165) is 17.7 Å². The number of benzene rings is 2. The number of nitrogens with two attached hydrogens (primary N) is 1. The molecule has 0 radical (unpaired) electrons. The summed E-state index contributed by atoms with van der Waals surface area (Å²) in [5, 5.41) is 0. The number of hydrogen-bond donors (Lipinski definition) is 1. The van der Waals surface area contributed by atoms with Crippen molar-refractivity contribution in [3.63, 3.8) is 0 Å². The van der Waals surface area contributed by atoms with Crippen LogP contribution in [0.25, 0.3) is 0 Å². The van der Waals surface area contributed by atoms with Gasteiger partial charge < -0.3 is 10.5 Å². The first-order valence-electron chi connectivity index (χ1n) is 7.76. The van der Waals surface area contributed by atoms with E-state index in [1.165, 1.54) is 6.07 Å². The number of rotatable bonds is 7. The van der Waals surface area contributed by atoms with E-state index in [1.807, 2.05) is 36.4 Å². The van der Waals surface area contributed by atoms with Crippen molar-refractivity contribution >= 4 is 0 Å². The van der Waals surface area contributed by atoms with Gasteiger partial charge in [0.2, 0.25) is 0 Å². The molecule has 0 bridgehead atoms. The third-order valence-electron chi connectivity index (χ3n) is 3.62. The third-order valence-corrected chi connectivity index (χ3v) is 3.62. The molecule has 0 amide bonds. The van der Waals surface area contributed by atoms with Crippen LogP contribution in [0.4, 0.5) is 4.39 Å². The minimum Gasteiger partial charge on any atom is -0.493 e. The van der Waals surface area contributed by atoms with E-state index < -0.39 is 0 Å². The predicted molar refractivity (Wildman–Crippen MR) is 88.7 cm³/mol. The molecule has 2 aromatic rings. The van der Waals surface area contributed by atoms with E-state index in [1.54, 1.807) is 6.07 Å². The summed E-state index contributed by atoms with van der Waals surface area (Å²) in [7, 11) is 0. The van der Waals surface area contributed by atoms with Gasteiger partial charge in [0, 0.05) is 5.92 Å². The molecule has 1 unspecified atom stereocenters. The summed E-state index contributed by atoms with van der Waals surface area (Å²) >= 11 is 0. The highest BCUT2D eigenvalue weighted by atomic mass is 19.1. The molecule has 0 aliphatic rings. The Bertz CT molecular complexity index is 580. The Kier molecular flexibility index (Phi) is 5.96. The standard InChI is InChI=1S/C19H24FNO/c1-14(2)13-22-17-9-7-15(8-10-17)11-16(12-21)18-5-3-4-6-19(18)20/h3-10,14,16H,11-13,21H2,1-2H3. The Morgan fingerprint density at radius 1 is 1.05 bits per heavy atom. The Morgan fingerprint density at radius 2 is 1.73 bits per heavy atom. The van der Waals surface area contributed by atoms with Gasteiger partial charge in [-0.15, -0.1) is 0 Å². The fourth-order valence-electron chi connectivity index (χ4n) is 2.40. The molecule has 0 aliphatic carbocycles. The van der Waals surface area contributed by atoms with E-state index in [-0.39, 0.29) is 11.7 Å². The lowest BCUT2D eigenvalue weighted by Crippen LogP contribution is -2.16. The summed E-state index contributed by atoms with van der Waals surface area (Å²) in [6, 6.07) is 14.8. The van der Waals surface area contributed by atoms with E-state index >= 15 is 0 Å². The van der Waals surface area contributed by atoms with Crippen LogP contribution in [0.1, 0.15) is 30.9 Å². The van der Waals surface area contributed by atoms with E-state index in [4.69, 9.17) is 10.5 Å². The zero-order valence-corrected chi connectivity index (χ0v) is 13.3. The highest BCUT2D eigenvalue weighted by molar-refractivity contribution is 5.30. The molecule has 22 heavy (non-hydrogen) atoms. The van der Waals surface area contributed by atoms with E-state index in [2.05, 4.69) is 13.8 Å². The van der Waals surface area contributed by atoms with Crippen molar-refractivity contribution in [1.82, 2.24) is 0 Å². The van der Waals surface area contributed by atoms with Gasteiger partial charge in [-0.3, -0.25) is 0 Å². The maximum Gasteiger partial charge on any atom is 0.126 e. The molecule has 0 aromatic heterocycles. The second kappa shape index (κ2) is 7.95. The lowest BCUT2D eigenvalue weighted by molar-refractivity contribution is 0.271. The summed E-state index contributed by atoms with van der Waals surface area (Å²) in [4.78, 5) is 0. The first-order chi connectivity index (χ1) is 10.6. The topological polar surface area (TPSA) is 35.2 Å². The maximum atomic E-state index is 13.9. The highest BCUT2D eigenvalue weighted by Gasteiger charge is 2.14. The summed E-state index contributed by atoms with van der Waals surface area (Å²) in [6.07, 6.45) is 0.724. The summed E-state index contributed by atoms with van der Waals surface area (Å²) in [5.74, 6) is 1.17. The van der Waals surface area contributed by atoms with Crippen LogP contribution in [-0.2, 0) is 6.42 Å². The van der Waals surface area contributed by atoms with E-state index in [9.17, 15) is 4.39 Å². The molecule has 0 spiro atoms. The Labute approximate surface area is 132 Å². The summed E-state index contributed by atoms with van der Waals surface area (Å²) < 4.78 is 19.6. The third kappa shape index (κ3) is 4.57. The molecule has 2 aromatic carbocycles. The van der Waals surface area contributed by atoms with Gasteiger partial charge in [-0.1, -0.05) is 44.2 Å². The summed E-state index contributed by atoms with van der Waals surface area (Å²) in [5.41, 5.74) is 7.66. The first kappa shape index (κ1) is 16.5. The lowest BCUT2D eigenvalue weighted by Gasteiger charge is -2.16. The Balaban J connectivity index is 2.04. The van der Waals surface area contributed by atoms with Gasteiger partial charge >= 0.3 is 0 Å². The van der Waals surface area contributed by atoms with Gasteiger partial charge in [-0.2, -0.15) is 0 Å². The van der Waals surface area contributed by atoms with Crippen molar-refractivity contribution in [2.75, 3.05) is 13.2 Å². The fraction of sp³-hybridized carbons (Fsp3) is 0.368. The molecule has 0 aliphatic heterocycles. The Hall–Kier alpha value is -1.87. The minimum absolute atomic E-state index is 0.0105. The zero-order chi connectivity index (χ0) is 15.9. The molecule has 0 heterocycles. The van der Waals surface area contributed by atoms with Crippen LogP contribution in [0.15, 0.2) is 48.5 Å². The van der Waals surface area contributed by atoms with Crippen molar-refractivity contribution < 1.29 is 9.13 Å². The number of ether oxygens (including phenoxy) is 1. The van der Waals surface area contributed by atoms with Crippen LogP contribution >= 0.6 is 0 Å². The molecular weight excluding hydrogens is 277 g/mol. The molecule has 2 nitrogen and oxygen atoms in total. The second-order valence-corrected chi connectivity index (χ2v) is 6.01. The van der Waals surface area contributed by atoms with Crippen LogP contribution in [0.5, 0.6) is 5.75 Å². The monoisotopic (exact) mass is 301 g/mol. The van der Waals surface area contributed by atoms with Gasteiger partial charge in [-0.05, 0) is 48.2 Å². The lowest BCUT2D eigenvalue weighted by atomic mass is 9.91. The van der Waals surface area contributed by atoms with Gasteiger partial charge in [0.25, 0.3) is 0 Å². The van der Waals surface area contributed by atoms with Crippen LogP contribution in [-0.4, -0.2) is 13.2 Å². The molecule has 1 atom stereocenters. The molecule has 0 fully saturated rings. The molecule has 2 N–H and O–H groups in total. The van der Waals surface area contributed by atoms with Gasteiger partial charge in [0.05, 0.1) is 6.61 Å². The van der Waals surface area contributed by atoms with Crippen LogP contribution in [0.3, 0.4) is 0 Å². The average Bonchev–Trinajstić information content (AvgIpc) is 2.52. The van der Waals surface area contributed by atoms with Crippen molar-refractivity contribution in [3.05, 3.63) is 65.5 Å². The van der Waals surface area contributed by atoms with Gasteiger partial charge in [0.15, 0.2) is 0 Å². The number of hydrogen-bond acceptors (Lipinski definition) is 2. The van der Waals surface area contributed by atoms with Crippen molar-refractivity contribution in [1.29, 1.82) is 0 Å². The van der Waals surface area contributed by atoms with Crippen molar-refractivity contribution in [2.24, 2.45) is 11.7 Å². The SMILES string of the molecule is CC(C)COc1ccc(CC(CN)c2ccccc2F)cc1. The summed E-state index contributed by atoms with van der Waals surface area (Å²) in [6.45, 7) is 5.37. The van der Waals surface area contributed by atoms with Crippen LogP contribution < -0.4 is 10.5 Å². The molecule has 3 heteroatoms. The average molecular weight is 301 g/mol. The molecule has 0 saturated carbocycles. The maximum absolute atomic E-state index is 13.9. The largest absolute Gasteiger partial charge is 0.493 e. The molecule has 2 rings (SSSR count). The molecule has 118 valence electrons. The van der Waals surface area contributed by atoms with Gasteiger partial charge in [-0.25, -0.2) is 4.39 Å². The fourth-order valence-corrected chi connectivity index (χ4v) is 2.40. The Morgan fingerprint density at radius 3 is 2.32 bits per heavy atom. The quantitative estimate of drug-likeness (QED) is 0.834. The smallest absolute Gasteiger partial charge is 0.126 e. The van der Waals surface area contributed by atoms with Crippen molar-refractivity contribution in [3.8, 4) is 5.75 Å². The highest BCUT2D eigenvalue weighted by Crippen LogP contribution is 2.23. The van der Waals surface area contributed by atoms with Crippen LogP contribution in [0, 0.1) is 11.7 Å². The molecule has 0 saturated heterocycles.